The molecule has 136 valence electrons. The molecule has 0 unspecified atom stereocenters. The Morgan fingerprint density at radius 2 is 1.32 bits per heavy atom. The van der Waals surface area contributed by atoms with Crippen molar-refractivity contribution in [1.29, 1.82) is 0 Å². The number of nitrogens with two attached hydrogens (primary N) is 1. The summed E-state index contributed by atoms with van der Waals surface area (Å²) in [4.78, 5) is 33.1. The third-order valence-electron chi connectivity index (χ3n) is 3.67. The molecule has 0 aliphatic heterocycles. The quantitative estimate of drug-likeness (QED) is 0.143. The number of hydrogen-bond acceptors (Lipinski definition) is 6. The Morgan fingerprint density at radius 1 is 0.880 bits per heavy atom. The van der Waals surface area contributed by atoms with Gasteiger partial charge in [-0.05, 0) is 12.8 Å². The van der Waals surface area contributed by atoms with Gasteiger partial charge in [0.15, 0.2) is 0 Å². The maximum Gasteiger partial charge on any atom is 1.00 e. The van der Waals surface area contributed by atoms with Crippen LogP contribution in [0.5, 0.6) is 0 Å². The van der Waals surface area contributed by atoms with Crippen LogP contribution in [0.15, 0.2) is 0 Å². The molecule has 2 N–H and O–H groups in total. The van der Waals surface area contributed by atoms with Crippen molar-refractivity contribution in [2.45, 2.75) is 90.0 Å². The number of unbranched alkanes of at least 4 members (excludes halogenated alkanes) is 8. The Hall–Kier alpha value is 0.570. The molecule has 0 bridgehead atoms. The largest absolute Gasteiger partial charge is 1.00 e. The first-order valence-electron chi connectivity index (χ1n) is 8.67. The molecule has 0 spiro atoms. The molecule has 0 saturated carbocycles. The van der Waals surface area contributed by atoms with Gasteiger partial charge in [-0.3, -0.25) is 9.59 Å². The first-order valence-corrected chi connectivity index (χ1v) is 8.67. The predicted octanol–water partition coefficient (Wildman–Crippen LogP) is -4.04. The molecule has 0 saturated heterocycles. The average Bonchev–Trinajstić information content (AvgIpc) is 2.50. The summed E-state index contributed by atoms with van der Waals surface area (Å²) in [6.45, 7) is 2.20. The Kier molecular flexibility index (Phi) is 25.3. The van der Waals surface area contributed by atoms with E-state index in [0.29, 0.717) is 6.42 Å². The summed E-state index contributed by atoms with van der Waals surface area (Å²) in [6.07, 6.45) is 10.2. The molecule has 25 heavy (non-hydrogen) atoms. The van der Waals surface area contributed by atoms with E-state index in [1.165, 1.54) is 38.5 Å². The van der Waals surface area contributed by atoms with Gasteiger partial charge < -0.3 is 21.8 Å². The van der Waals surface area contributed by atoms with Gasteiger partial charge in [-0.1, -0.05) is 58.3 Å². The number of carboxylic acids is 1. The van der Waals surface area contributed by atoms with Gasteiger partial charge in [0.2, 0.25) is 0 Å². The van der Waals surface area contributed by atoms with Crippen LogP contribution >= 0.6 is 0 Å². The zero-order valence-corrected chi connectivity index (χ0v) is 20.2. The van der Waals surface area contributed by atoms with Crippen molar-refractivity contribution in [2.75, 3.05) is 0 Å². The number of rotatable bonds is 14. The summed E-state index contributed by atoms with van der Waals surface area (Å²) in [5.41, 5.74) is 5.21. The monoisotopic (exact) mass is 375 g/mol. The minimum atomic E-state index is -1.42. The molecule has 0 rings (SSSR count). The van der Waals surface area contributed by atoms with E-state index in [1.807, 2.05) is 0 Å². The zero-order chi connectivity index (χ0) is 17.5. The molecule has 8 heteroatoms. The van der Waals surface area contributed by atoms with Gasteiger partial charge in [-0.15, -0.1) is 0 Å². The molecule has 0 aromatic carbocycles. The van der Waals surface area contributed by atoms with Crippen LogP contribution in [0.1, 0.15) is 85.4 Å². The van der Waals surface area contributed by atoms with Crippen molar-refractivity contribution in [3.63, 3.8) is 0 Å². The molecule has 1 atom stereocenters. The number of carboxylic acid groups (broad SMARTS) is 1. The van der Waals surface area contributed by atoms with Gasteiger partial charge in [0, 0.05) is 18.9 Å². The van der Waals surface area contributed by atoms with Crippen LogP contribution in [-0.4, -0.2) is 23.9 Å². The van der Waals surface area contributed by atoms with Crippen LogP contribution in [0.2, 0.25) is 0 Å². The molecular formula is C17H31NNa2O5. The number of carbonyl (C=O) groups is 3. The van der Waals surface area contributed by atoms with E-state index in [4.69, 9.17) is 5.73 Å². The van der Waals surface area contributed by atoms with E-state index >= 15 is 0 Å². The molecule has 0 aliphatic carbocycles. The maximum absolute atomic E-state index is 11.4. The first-order chi connectivity index (χ1) is 11.0. The van der Waals surface area contributed by atoms with Crippen LogP contribution in [0, 0.1) is 0 Å². The predicted molar refractivity (Wildman–Crippen MR) is 86.3 cm³/mol. The van der Waals surface area contributed by atoms with E-state index in [0.717, 1.165) is 12.8 Å². The van der Waals surface area contributed by atoms with E-state index in [9.17, 15) is 19.5 Å². The third-order valence-corrected chi connectivity index (χ3v) is 3.67. The van der Waals surface area contributed by atoms with Gasteiger partial charge in [0.05, 0.1) is 5.97 Å². The van der Waals surface area contributed by atoms with E-state index < -0.39 is 23.9 Å². The minimum absolute atomic E-state index is 0. The van der Waals surface area contributed by atoms with Crippen molar-refractivity contribution in [2.24, 2.45) is 5.73 Å². The molecule has 0 aromatic rings. The number of ether oxygens (including phenoxy) is 1. The van der Waals surface area contributed by atoms with Crippen molar-refractivity contribution in [3.05, 3.63) is 0 Å². The number of esters is 2. The van der Waals surface area contributed by atoms with Crippen LogP contribution in [0.3, 0.4) is 0 Å². The Bertz CT molecular complexity index is 373. The van der Waals surface area contributed by atoms with Crippen molar-refractivity contribution in [1.82, 2.24) is 0 Å². The maximum atomic E-state index is 11.4. The molecule has 0 aromatic heterocycles. The second-order valence-electron chi connectivity index (χ2n) is 5.89. The Balaban J connectivity index is -0.000000807. The Morgan fingerprint density at radius 3 is 1.80 bits per heavy atom. The SMILES string of the molecule is CCCCCCCCCCCC(=O)OC(=O)CC[C@H](N)C(=O)[O-].[H-].[Na+].[Na+]. The summed E-state index contributed by atoms with van der Waals surface area (Å²) in [6, 6.07) is -1.21. The fourth-order valence-electron chi connectivity index (χ4n) is 2.20. The molecule has 0 heterocycles. The normalized spacial score (nSPS) is 11.0. The molecule has 6 nitrogen and oxygen atoms in total. The summed E-state index contributed by atoms with van der Waals surface area (Å²) in [5.74, 6) is -2.71. The summed E-state index contributed by atoms with van der Waals surface area (Å²) in [7, 11) is 0. The van der Waals surface area contributed by atoms with Gasteiger partial charge in [-0.2, -0.15) is 0 Å². The van der Waals surface area contributed by atoms with Gasteiger partial charge in [-0.25, -0.2) is 0 Å². The fraction of sp³-hybridized carbons (Fsp3) is 0.824. The van der Waals surface area contributed by atoms with Crippen LogP contribution in [0.4, 0.5) is 0 Å². The third kappa shape index (κ3) is 20.7. The zero-order valence-electron chi connectivity index (χ0n) is 17.2. The average molecular weight is 375 g/mol. The molecule has 0 amide bonds. The van der Waals surface area contributed by atoms with Crippen LogP contribution < -0.4 is 70.0 Å². The smallest absolute Gasteiger partial charge is 1.00 e. The molecule has 0 aliphatic rings. The van der Waals surface area contributed by atoms with E-state index in [2.05, 4.69) is 11.7 Å². The van der Waals surface area contributed by atoms with Crippen LogP contribution in [0.25, 0.3) is 0 Å². The standard InChI is InChI=1S/C17H31NO5.2Na.H/c1-2-3-4-5-6-7-8-9-10-11-15(19)23-16(20)13-12-14(18)17(21)22;;;/h14H,2-13,18H2,1H3,(H,21,22);;;/q;2*+1;-1/p-1/t14-;;;/m0.../s1. The number of carbonyl (C=O) groups excluding carboxylic acids is 3. The van der Waals surface area contributed by atoms with Crippen molar-refractivity contribution in [3.8, 4) is 0 Å². The van der Waals surface area contributed by atoms with Crippen molar-refractivity contribution >= 4 is 17.9 Å². The van der Waals surface area contributed by atoms with Gasteiger partial charge >= 0.3 is 71.1 Å². The van der Waals surface area contributed by atoms with Gasteiger partial charge in [0.1, 0.15) is 0 Å². The summed E-state index contributed by atoms with van der Waals surface area (Å²) in [5, 5.41) is 10.4. The van der Waals surface area contributed by atoms with E-state index in [-0.39, 0.29) is 79.8 Å². The van der Waals surface area contributed by atoms with Gasteiger partial charge in [0.25, 0.3) is 0 Å². The minimum Gasteiger partial charge on any atom is -1.00 e. The van der Waals surface area contributed by atoms with E-state index in [1.54, 1.807) is 0 Å². The summed E-state index contributed by atoms with van der Waals surface area (Å²) < 4.78 is 4.61. The number of aliphatic carboxylic acids is 1. The first kappa shape index (κ1) is 30.3. The second-order valence-corrected chi connectivity index (χ2v) is 5.89. The Labute approximate surface area is 197 Å². The number of hydrogen-bond donors (Lipinski definition) is 1. The second kappa shape index (κ2) is 20.9. The van der Waals surface area contributed by atoms with Crippen LogP contribution in [-0.2, 0) is 19.1 Å². The van der Waals surface area contributed by atoms with Crippen molar-refractivity contribution < 1.29 is 84.8 Å². The fourth-order valence-corrected chi connectivity index (χ4v) is 2.20. The topological polar surface area (TPSA) is 110 Å². The summed E-state index contributed by atoms with van der Waals surface area (Å²) >= 11 is 0. The molecular weight excluding hydrogens is 344 g/mol. The molecule has 0 radical (unpaired) electrons. The molecule has 0 fully saturated rings.